The first-order chi connectivity index (χ1) is 18.3. The van der Waals surface area contributed by atoms with Crippen molar-refractivity contribution >= 4 is 38.5 Å². The molecule has 0 spiro atoms. The fourth-order valence-electron chi connectivity index (χ4n) is 4.30. The monoisotopic (exact) mass is 530 g/mol. The van der Waals surface area contributed by atoms with E-state index >= 15 is 0 Å². The summed E-state index contributed by atoms with van der Waals surface area (Å²) in [5.74, 6) is -1.22. The minimum Gasteiger partial charge on any atom is -0.449 e. The van der Waals surface area contributed by atoms with Crippen LogP contribution in [0.1, 0.15) is 30.1 Å². The van der Waals surface area contributed by atoms with E-state index in [9.17, 15) is 18.0 Å². The number of amides is 1. The van der Waals surface area contributed by atoms with E-state index in [1.165, 1.54) is 35.5 Å². The molecule has 1 saturated heterocycles. The van der Waals surface area contributed by atoms with Crippen LogP contribution in [0, 0.1) is 0 Å². The van der Waals surface area contributed by atoms with Gasteiger partial charge in [0.15, 0.2) is 6.10 Å². The summed E-state index contributed by atoms with van der Waals surface area (Å²) < 4.78 is 32.4. The molecule has 1 amide bonds. The standard InChI is InChI=1S/C28H26N4O5S/c1-19(27(33)30-20-11-13-21(14-12-20)38(35,36)32-16-6-7-17-32)37-28(34)23-18-26(25-10-4-5-15-29-25)31-24-9-3-2-8-22(23)24/h2-5,8-15,18-19H,6-7,16-17H2,1H3,(H,30,33)/t19-/m0/s1. The Hall–Kier alpha value is -4.15. The van der Waals surface area contributed by atoms with Crippen molar-refractivity contribution in [3.8, 4) is 11.4 Å². The number of rotatable bonds is 7. The van der Waals surface area contributed by atoms with Gasteiger partial charge in [-0.3, -0.25) is 9.78 Å². The van der Waals surface area contributed by atoms with Gasteiger partial charge in [0.1, 0.15) is 0 Å². The maximum absolute atomic E-state index is 13.2. The first-order valence-corrected chi connectivity index (χ1v) is 13.7. The lowest BCUT2D eigenvalue weighted by Crippen LogP contribution is -2.30. The topological polar surface area (TPSA) is 119 Å². The third-order valence-electron chi connectivity index (χ3n) is 6.34. The van der Waals surface area contributed by atoms with Gasteiger partial charge in [-0.15, -0.1) is 0 Å². The van der Waals surface area contributed by atoms with E-state index in [-0.39, 0.29) is 10.5 Å². The molecule has 38 heavy (non-hydrogen) atoms. The van der Waals surface area contributed by atoms with Crippen molar-refractivity contribution in [1.82, 2.24) is 14.3 Å². The van der Waals surface area contributed by atoms with E-state index in [0.29, 0.717) is 41.1 Å². The third-order valence-corrected chi connectivity index (χ3v) is 8.25. The smallest absolute Gasteiger partial charge is 0.339 e. The summed E-state index contributed by atoms with van der Waals surface area (Å²) in [5, 5.41) is 3.27. The van der Waals surface area contributed by atoms with Gasteiger partial charge in [-0.2, -0.15) is 4.31 Å². The number of ether oxygens (including phenoxy) is 1. The number of fused-ring (bicyclic) bond motifs is 1. The Morgan fingerprint density at radius 2 is 1.66 bits per heavy atom. The highest BCUT2D eigenvalue weighted by atomic mass is 32.2. The number of sulfonamides is 1. The number of esters is 1. The second-order valence-corrected chi connectivity index (χ2v) is 10.9. The van der Waals surface area contributed by atoms with Crippen LogP contribution in [0.4, 0.5) is 5.69 Å². The Labute approximate surface area is 220 Å². The fourth-order valence-corrected chi connectivity index (χ4v) is 5.82. The molecular formula is C28H26N4O5S. The number of nitrogens with zero attached hydrogens (tertiary/aromatic N) is 3. The van der Waals surface area contributed by atoms with Crippen LogP contribution in [0.15, 0.2) is 83.9 Å². The van der Waals surface area contributed by atoms with E-state index < -0.39 is 28.0 Å². The summed E-state index contributed by atoms with van der Waals surface area (Å²) in [4.78, 5) is 35.1. The van der Waals surface area contributed by atoms with Crippen LogP contribution in [0.2, 0.25) is 0 Å². The Bertz CT molecular complexity index is 1590. The Morgan fingerprint density at radius 3 is 2.37 bits per heavy atom. The summed E-state index contributed by atoms with van der Waals surface area (Å²) in [6.45, 7) is 2.50. The minimum absolute atomic E-state index is 0.171. The molecule has 5 rings (SSSR count). The lowest BCUT2D eigenvalue weighted by atomic mass is 10.1. The van der Waals surface area contributed by atoms with Crippen LogP contribution in [-0.4, -0.2) is 53.8 Å². The molecule has 2 aromatic carbocycles. The van der Waals surface area contributed by atoms with Gasteiger partial charge in [0.2, 0.25) is 10.0 Å². The maximum atomic E-state index is 13.2. The lowest BCUT2D eigenvalue weighted by molar-refractivity contribution is -0.123. The summed E-state index contributed by atoms with van der Waals surface area (Å²) in [6, 6.07) is 20.2. The highest BCUT2D eigenvalue weighted by Gasteiger charge is 2.27. The van der Waals surface area contributed by atoms with Crippen LogP contribution in [0.3, 0.4) is 0 Å². The first kappa shape index (κ1) is 25.5. The quantitative estimate of drug-likeness (QED) is 0.355. The molecule has 0 bridgehead atoms. The van der Waals surface area contributed by atoms with Crippen LogP contribution in [0.5, 0.6) is 0 Å². The molecule has 1 aliphatic rings. The minimum atomic E-state index is -3.55. The molecule has 10 heteroatoms. The summed E-state index contributed by atoms with van der Waals surface area (Å²) in [6.07, 6.45) is 2.24. The number of nitrogens with one attached hydrogen (secondary N) is 1. The van der Waals surface area contributed by atoms with Gasteiger partial charge in [-0.1, -0.05) is 24.3 Å². The normalized spacial score (nSPS) is 14.8. The molecule has 1 aliphatic heterocycles. The molecule has 9 nitrogen and oxygen atoms in total. The van der Waals surface area contributed by atoms with Crippen molar-refractivity contribution in [2.24, 2.45) is 0 Å². The first-order valence-electron chi connectivity index (χ1n) is 12.3. The summed E-state index contributed by atoms with van der Waals surface area (Å²) >= 11 is 0. The summed E-state index contributed by atoms with van der Waals surface area (Å²) in [7, 11) is -3.55. The SMILES string of the molecule is C[C@H](OC(=O)c1cc(-c2ccccn2)nc2ccccc12)C(=O)Nc1ccc(S(=O)(=O)N2CCCC2)cc1. The number of hydrogen-bond acceptors (Lipinski definition) is 7. The fraction of sp³-hybridized carbons (Fsp3) is 0.214. The van der Waals surface area contributed by atoms with Gasteiger partial charge in [-0.25, -0.2) is 18.2 Å². The molecule has 3 heterocycles. The van der Waals surface area contributed by atoms with Crippen LogP contribution >= 0.6 is 0 Å². The lowest BCUT2D eigenvalue weighted by Gasteiger charge is -2.17. The van der Waals surface area contributed by atoms with Crippen LogP contribution < -0.4 is 5.32 Å². The molecule has 0 saturated carbocycles. The molecule has 1 N–H and O–H groups in total. The highest BCUT2D eigenvalue weighted by Crippen LogP contribution is 2.25. The Morgan fingerprint density at radius 1 is 0.947 bits per heavy atom. The molecule has 4 aromatic rings. The van der Waals surface area contributed by atoms with Gasteiger partial charge in [0.25, 0.3) is 5.91 Å². The van der Waals surface area contributed by atoms with E-state index in [0.717, 1.165) is 12.8 Å². The van der Waals surface area contributed by atoms with E-state index in [4.69, 9.17) is 4.74 Å². The molecular weight excluding hydrogens is 504 g/mol. The molecule has 0 unspecified atom stereocenters. The van der Waals surface area contributed by atoms with Crippen molar-refractivity contribution in [3.05, 3.63) is 84.6 Å². The number of anilines is 1. The van der Waals surface area contributed by atoms with Crippen molar-refractivity contribution in [2.75, 3.05) is 18.4 Å². The Balaban J connectivity index is 1.30. The van der Waals surface area contributed by atoms with Gasteiger partial charge in [0.05, 0.1) is 27.4 Å². The van der Waals surface area contributed by atoms with Gasteiger partial charge >= 0.3 is 5.97 Å². The van der Waals surface area contributed by atoms with Crippen molar-refractivity contribution in [2.45, 2.75) is 30.8 Å². The second-order valence-electron chi connectivity index (χ2n) is 8.96. The number of benzene rings is 2. The zero-order chi connectivity index (χ0) is 26.7. The molecule has 0 radical (unpaired) electrons. The largest absolute Gasteiger partial charge is 0.449 e. The van der Waals surface area contributed by atoms with Crippen LogP contribution in [0.25, 0.3) is 22.3 Å². The number of carbonyl (C=O) groups is 2. The molecule has 194 valence electrons. The maximum Gasteiger partial charge on any atom is 0.339 e. The van der Waals surface area contributed by atoms with Crippen molar-refractivity contribution < 1.29 is 22.7 Å². The number of para-hydroxylation sites is 1. The highest BCUT2D eigenvalue weighted by molar-refractivity contribution is 7.89. The zero-order valence-electron chi connectivity index (χ0n) is 20.7. The molecule has 0 aliphatic carbocycles. The van der Waals surface area contributed by atoms with Crippen molar-refractivity contribution in [1.29, 1.82) is 0 Å². The average Bonchev–Trinajstić information content (AvgIpc) is 3.49. The zero-order valence-corrected chi connectivity index (χ0v) is 21.5. The third kappa shape index (κ3) is 5.27. The van der Waals surface area contributed by atoms with E-state index in [2.05, 4.69) is 15.3 Å². The molecule has 1 fully saturated rings. The number of pyridine rings is 2. The second kappa shape index (κ2) is 10.7. The van der Waals surface area contributed by atoms with Crippen LogP contribution in [-0.2, 0) is 19.6 Å². The van der Waals surface area contributed by atoms with Crippen molar-refractivity contribution in [3.63, 3.8) is 0 Å². The van der Waals surface area contributed by atoms with E-state index in [1.54, 1.807) is 42.6 Å². The van der Waals surface area contributed by atoms with Gasteiger partial charge < -0.3 is 10.1 Å². The molecule has 2 aromatic heterocycles. The Kier molecular flexibility index (Phi) is 7.17. The predicted molar refractivity (Wildman–Crippen MR) is 143 cm³/mol. The van der Waals surface area contributed by atoms with Gasteiger partial charge in [-0.05, 0) is 68.3 Å². The number of aromatic nitrogens is 2. The van der Waals surface area contributed by atoms with E-state index in [1.807, 2.05) is 12.1 Å². The molecule has 1 atom stereocenters. The average molecular weight is 531 g/mol. The predicted octanol–water partition coefficient (Wildman–Crippen LogP) is 4.27. The summed E-state index contributed by atoms with van der Waals surface area (Å²) in [5.41, 5.74) is 2.38. The number of hydrogen-bond donors (Lipinski definition) is 1. The van der Waals surface area contributed by atoms with Gasteiger partial charge in [0, 0.05) is 30.4 Å². The number of carbonyl (C=O) groups excluding carboxylic acids is 2.